The number of ether oxygens (including phenoxy) is 1. The molecule has 0 bridgehead atoms. The second kappa shape index (κ2) is 6.64. The van der Waals surface area contributed by atoms with Crippen molar-refractivity contribution < 1.29 is 9.53 Å². The highest BCUT2D eigenvalue weighted by molar-refractivity contribution is 6.04. The third-order valence-corrected chi connectivity index (χ3v) is 7.17. The fourth-order valence-electron chi connectivity index (χ4n) is 6.12. The summed E-state index contributed by atoms with van der Waals surface area (Å²) >= 11 is 0. The standard InChI is InChI=1S/C22H28N4O3/c1-21(2)12-22(13-25-7-9-29-10-8-25)14-26(11-17(21)22)19(27)18-15-5-3-4-6-16(15)23-20(28)24-18/h3-6,17H,7-14H2,1-2H3,(H,23,24,28)/t17-,22+/m1/s1. The Labute approximate surface area is 170 Å². The van der Waals surface area contributed by atoms with Crippen LogP contribution in [-0.2, 0) is 4.74 Å². The van der Waals surface area contributed by atoms with Crippen molar-refractivity contribution in [3.05, 3.63) is 40.4 Å². The molecule has 29 heavy (non-hydrogen) atoms. The number of carbonyl (C=O) groups is 1. The van der Waals surface area contributed by atoms with E-state index in [0.717, 1.165) is 52.4 Å². The Kier molecular flexibility index (Phi) is 4.29. The number of rotatable bonds is 3. The molecule has 154 valence electrons. The molecular formula is C22H28N4O3. The van der Waals surface area contributed by atoms with E-state index in [1.54, 1.807) is 0 Å². The van der Waals surface area contributed by atoms with Crippen LogP contribution in [0.15, 0.2) is 29.1 Å². The summed E-state index contributed by atoms with van der Waals surface area (Å²) in [7, 11) is 0. The van der Waals surface area contributed by atoms with Crippen molar-refractivity contribution in [2.24, 2.45) is 16.7 Å². The number of likely N-dealkylation sites (tertiary alicyclic amines) is 1. The average Bonchev–Trinajstić information content (AvgIpc) is 3.02. The van der Waals surface area contributed by atoms with Gasteiger partial charge in [-0.3, -0.25) is 9.69 Å². The summed E-state index contributed by atoms with van der Waals surface area (Å²) in [6.45, 7) is 10.6. The van der Waals surface area contributed by atoms with E-state index in [1.807, 2.05) is 29.2 Å². The van der Waals surface area contributed by atoms with Gasteiger partial charge in [-0.05, 0) is 23.8 Å². The predicted molar refractivity (Wildman–Crippen MR) is 110 cm³/mol. The van der Waals surface area contributed by atoms with Crippen molar-refractivity contribution in [2.45, 2.75) is 20.3 Å². The Morgan fingerprint density at radius 3 is 2.79 bits per heavy atom. The van der Waals surface area contributed by atoms with Crippen LogP contribution >= 0.6 is 0 Å². The van der Waals surface area contributed by atoms with Crippen molar-refractivity contribution in [1.29, 1.82) is 0 Å². The summed E-state index contributed by atoms with van der Waals surface area (Å²) in [5.74, 6) is 0.342. The van der Waals surface area contributed by atoms with Gasteiger partial charge in [-0.1, -0.05) is 32.0 Å². The maximum absolute atomic E-state index is 13.5. The molecular weight excluding hydrogens is 368 g/mol. The molecule has 0 radical (unpaired) electrons. The predicted octanol–water partition coefficient (Wildman–Crippen LogP) is 1.74. The fourth-order valence-corrected chi connectivity index (χ4v) is 6.12. The van der Waals surface area contributed by atoms with Crippen LogP contribution in [0.3, 0.4) is 0 Å². The van der Waals surface area contributed by atoms with Gasteiger partial charge in [-0.2, -0.15) is 4.98 Å². The van der Waals surface area contributed by atoms with Crippen LogP contribution in [0.5, 0.6) is 0 Å². The first-order valence-electron chi connectivity index (χ1n) is 10.5. The van der Waals surface area contributed by atoms with Crippen LogP contribution in [0.4, 0.5) is 0 Å². The maximum atomic E-state index is 13.5. The number of H-pyrrole nitrogens is 1. The second-order valence-corrected chi connectivity index (χ2v) is 9.59. The first kappa shape index (κ1) is 18.8. The highest BCUT2D eigenvalue weighted by Crippen LogP contribution is 2.63. The third kappa shape index (κ3) is 3.07. The Morgan fingerprint density at radius 2 is 2.03 bits per heavy atom. The lowest BCUT2D eigenvalue weighted by Crippen LogP contribution is -2.59. The minimum Gasteiger partial charge on any atom is -0.379 e. The van der Waals surface area contributed by atoms with Gasteiger partial charge in [0.2, 0.25) is 0 Å². The molecule has 3 heterocycles. The number of nitrogens with zero attached hydrogens (tertiary/aromatic N) is 3. The number of fused-ring (bicyclic) bond motifs is 2. The molecule has 3 aliphatic rings. The molecule has 1 aliphatic carbocycles. The Morgan fingerprint density at radius 1 is 1.28 bits per heavy atom. The molecule has 1 amide bonds. The number of aromatic nitrogens is 2. The van der Waals surface area contributed by atoms with Gasteiger partial charge in [0.05, 0.1) is 18.7 Å². The van der Waals surface area contributed by atoms with E-state index in [9.17, 15) is 9.59 Å². The summed E-state index contributed by atoms with van der Waals surface area (Å²) in [5.41, 5.74) is 0.808. The van der Waals surface area contributed by atoms with Crippen molar-refractivity contribution in [3.8, 4) is 0 Å². The summed E-state index contributed by atoms with van der Waals surface area (Å²) in [5, 5.41) is 0.706. The second-order valence-electron chi connectivity index (χ2n) is 9.59. The zero-order chi connectivity index (χ0) is 20.2. The van der Waals surface area contributed by atoms with E-state index in [-0.39, 0.29) is 22.4 Å². The van der Waals surface area contributed by atoms with E-state index in [4.69, 9.17) is 4.74 Å². The molecule has 0 spiro atoms. The third-order valence-electron chi connectivity index (χ3n) is 7.17. The molecule has 2 aromatic rings. The van der Waals surface area contributed by atoms with E-state index < -0.39 is 5.69 Å². The van der Waals surface area contributed by atoms with Crippen molar-refractivity contribution in [2.75, 3.05) is 45.9 Å². The number of morpholine rings is 1. The number of hydrogen-bond donors (Lipinski definition) is 1. The van der Waals surface area contributed by atoms with E-state index in [2.05, 4.69) is 28.7 Å². The molecule has 5 rings (SSSR count). The number of benzene rings is 1. The lowest BCUT2D eigenvalue weighted by Gasteiger charge is -2.58. The van der Waals surface area contributed by atoms with Gasteiger partial charge in [0.1, 0.15) is 5.69 Å². The molecule has 3 fully saturated rings. The summed E-state index contributed by atoms with van der Waals surface area (Å²) in [4.78, 5) is 36.7. The lowest BCUT2D eigenvalue weighted by molar-refractivity contribution is -0.0966. The Balaban J connectivity index is 1.44. The lowest BCUT2D eigenvalue weighted by atomic mass is 9.48. The summed E-state index contributed by atoms with van der Waals surface area (Å²) < 4.78 is 5.51. The number of amides is 1. The topological polar surface area (TPSA) is 78.5 Å². The van der Waals surface area contributed by atoms with Gasteiger partial charge >= 0.3 is 5.69 Å². The van der Waals surface area contributed by atoms with E-state index >= 15 is 0 Å². The largest absolute Gasteiger partial charge is 0.379 e. The normalized spacial score (nSPS) is 28.9. The zero-order valence-electron chi connectivity index (χ0n) is 17.1. The average molecular weight is 396 g/mol. The van der Waals surface area contributed by atoms with Gasteiger partial charge < -0.3 is 14.6 Å². The molecule has 1 aromatic heterocycles. The van der Waals surface area contributed by atoms with Crippen LogP contribution in [-0.4, -0.2) is 71.6 Å². The molecule has 7 nitrogen and oxygen atoms in total. The number of nitrogens with one attached hydrogen (secondary N) is 1. The van der Waals surface area contributed by atoms with Gasteiger partial charge in [-0.15, -0.1) is 0 Å². The molecule has 1 aromatic carbocycles. The van der Waals surface area contributed by atoms with E-state index in [0.29, 0.717) is 16.8 Å². The minimum atomic E-state index is -0.474. The first-order valence-corrected chi connectivity index (χ1v) is 10.5. The smallest absolute Gasteiger partial charge is 0.346 e. The van der Waals surface area contributed by atoms with Crippen LogP contribution in [0.25, 0.3) is 10.9 Å². The SMILES string of the molecule is CC1(C)C[C@]2(CN3CCOCC3)CN(C(=O)c3nc(=O)[nH]c4ccccc34)C[C@H]12. The molecule has 2 atom stereocenters. The highest BCUT2D eigenvalue weighted by Gasteiger charge is 2.63. The molecule has 1 N–H and O–H groups in total. The number of carbonyl (C=O) groups excluding carboxylic acids is 1. The molecule has 1 saturated carbocycles. The molecule has 7 heteroatoms. The van der Waals surface area contributed by atoms with Crippen molar-refractivity contribution >= 4 is 16.8 Å². The van der Waals surface area contributed by atoms with E-state index in [1.165, 1.54) is 0 Å². The Bertz CT molecular complexity index is 1010. The summed E-state index contributed by atoms with van der Waals surface area (Å²) in [6, 6.07) is 7.38. The van der Waals surface area contributed by atoms with Crippen LogP contribution in [0.1, 0.15) is 30.8 Å². The summed E-state index contributed by atoms with van der Waals surface area (Å²) in [6.07, 6.45) is 1.12. The molecule has 2 aliphatic heterocycles. The zero-order valence-corrected chi connectivity index (χ0v) is 17.1. The van der Waals surface area contributed by atoms with Crippen LogP contribution in [0, 0.1) is 16.7 Å². The quantitative estimate of drug-likeness (QED) is 0.855. The number of hydrogen-bond acceptors (Lipinski definition) is 5. The van der Waals surface area contributed by atoms with Crippen LogP contribution < -0.4 is 5.69 Å². The van der Waals surface area contributed by atoms with Crippen LogP contribution in [0.2, 0.25) is 0 Å². The monoisotopic (exact) mass is 396 g/mol. The van der Waals surface area contributed by atoms with Gasteiger partial charge in [0.25, 0.3) is 5.91 Å². The minimum absolute atomic E-state index is 0.126. The molecule has 0 unspecified atom stereocenters. The van der Waals surface area contributed by atoms with Gasteiger partial charge in [0.15, 0.2) is 0 Å². The van der Waals surface area contributed by atoms with Crippen molar-refractivity contribution in [1.82, 2.24) is 19.8 Å². The number of aromatic amines is 1. The van der Waals surface area contributed by atoms with Gasteiger partial charge in [0, 0.05) is 43.5 Å². The maximum Gasteiger partial charge on any atom is 0.346 e. The highest BCUT2D eigenvalue weighted by atomic mass is 16.5. The number of para-hydroxylation sites is 1. The van der Waals surface area contributed by atoms with Crippen molar-refractivity contribution in [3.63, 3.8) is 0 Å². The fraction of sp³-hybridized carbons (Fsp3) is 0.591. The molecule has 2 saturated heterocycles. The Hall–Kier alpha value is -2.25. The first-order chi connectivity index (χ1) is 13.9. The van der Waals surface area contributed by atoms with Gasteiger partial charge in [-0.25, -0.2) is 4.79 Å².